The molecule has 1 N–H and O–H groups in total. The van der Waals surface area contributed by atoms with Gasteiger partial charge in [-0.3, -0.25) is 14.9 Å². The van der Waals surface area contributed by atoms with Crippen LogP contribution in [0.2, 0.25) is 5.02 Å². The van der Waals surface area contributed by atoms with Gasteiger partial charge < -0.3 is 5.32 Å². The first-order valence-electron chi connectivity index (χ1n) is 6.70. The molecule has 1 aromatic carbocycles. The third-order valence-electron chi connectivity index (χ3n) is 3.02. The first-order valence-corrected chi connectivity index (χ1v) is 7.08. The molecule has 0 radical (unpaired) electrons. The maximum atomic E-state index is 12.0. The summed E-state index contributed by atoms with van der Waals surface area (Å²) in [6, 6.07) is 4.11. The van der Waals surface area contributed by atoms with Crippen molar-refractivity contribution < 1.29 is 9.72 Å². The first kappa shape index (κ1) is 16.4. The molecule has 0 aliphatic carbocycles. The van der Waals surface area contributed by atoms with Gasteiger partial charge in [-0.25, -0.2) is 0 Å². The lowest BCUT2D eigenvalue weighted by molar-refractivity contribution is -0.384. The molecule has 1 rings (SSSR count). The van der Waals surface area contributed by atoms with E-state index in [-0.39, 0.29) is 28.2 Å². The third-order valence-corrected chi connectivity index (χ3v) is 3.34. The lowest BCUT2D eigenvalue weighted by Crippen LogP contribution is -2.32. The second-order valence-corrected chi connectivity index (χ2v) is 5.20. The Bertz CT molecular complexity index is 491. The standard InChI is InChI=1S/C14H19ClN2O3/c1-3-4-5-6-10(2)16-14(18)11-7-8-12(15)13(9-11)17(19)20/h7-10H,3-6H2,1-2H3,(H,16,18). The van der Waals surface area contributed by atoms with E-state index in [1.54, 1.807) is 0 Å². The maximum absolute atomic E-state index is 12.0. The normalized spacial score (nSPS) is 11.9. The average Bonchev–Trinajstić information content (AvgIpc) is 2.39. The number of carbonyl (C=O) groups excluding carboxylic acids is 1. The Morgan fingerprint density at radius 2 is 2.15 bits per heavy atom. The van der Waals surface area contributed by atoms with Crippen LogP contribution in [-0.2, 0) is 0 Å². The predicted molar refractivity (Wildman–Crippen MR) is 79.2 cm³/mol. The van der Waals surface area contributed by atoms with Crippen LogP contribution in [0.15, 0.2) is 18.2 Å². The molecule has 0 saturated carbocycles. The monoisotopic (exact) mass is 298 g/mol. The molecule has 5 nitrogen and oxygen atoms in total. The molecule has 0 aromatic heterocycles. The first-order chi connectivity index (χ1) is 9.45. The molecule has 1 atom stereocenters. The van der Waals surface area contributed by atoms with Crippen molar-refractivity contribution in [1.29, 1.82) is 0 Å². The van der Waals surface area contributed by atoms with Gasteiger partial charge in [0.1, 0.15) is 5.02 Å². The van der Waals surface area contributed by atoms with E-state index < -0.39 is 4.92 Å². The van der Waals surface area contributed by atoms with Gasteiger partial charge in [0.15, 0.2) is 0 Å². The molecular weight excluding hydrogens is 280 g/mol. The number of nitro benzene ring substituents is 1. The second-order valence-electron chi connectivity index (χ2n) is 4.79. The van der Waals surface area contributed by atoms with Crippen LogP contribution in [-0.4, -0.2) is 16.9 Å². The van der Waals surface area contributed by atoms with Crippen molar-refractivity contribution in [3.05, 3.63) is 38.9 Å². The summed E-state index contributed by atoms with van der Waals surface area (Å²) in [5.74, 6) is -0.311. The fourth-order valence-corrected chi connectivity index (χ4v) is 2.06. The molecule has 1 aromatic rings. The molecular formula is C14H19ClN2O3. The molecule has 110 valence electrons. The SMILES string of the molecule is CCCCCC(C)NC(=O)c1ccc(Cl)c([N+](=O)[O-])c1. The zero-order chi connectivity index (χ0) is 15.1. The topological polar surface area (TPSA) is 72.2 Å². The number of hydrogen-bond donors (Lipinski definition) is 1. The highest BCUT2D eigenvalue weighted by Gasteiger charge is 2.17. The highest BCUT2D eigenvalue weighted by Crippen LogP contribution is 2.25. The molecule has 0 saturated heterocycles. The van der Waals surface area contributed by atoms with Gasteiger partial charge >= 0.3 is 0 Å². The van der Waals surface area contributed by atoms with E-state index in [1.807, 2.05) is 6.92 Å². The number of benzene rings is 1. The van der Waals surface area contributed by atoms with Gasteiger partial charge in [0.25, 0.3) is 11.6 Å². The van der Waals surface area contributed by atoms with E-state index in [2.05, 4.69) is 12.2 Å². The van der Waals surface area contributed by atoms with Crippen molar-refractivity contribution in [2.24, 2.45) is 0 Å². The number of nitro groups is 1. The highest BCUT2D eigenvalue weighted by atomic mass is 35.5. The number of halogens is 1. The Morgan fingerprint density at radius 1 is 1.45 bits per heavy atom. The fraction of sp³-hybridized carbons (Fsp3) is 0.500. The van der Waals surface area contributed by atoms with E-state index in [4.69, 9.17) is 11.6 Å². The Hall–Kier alpha value is -1.62. The average molecular weight is 299 g/mol. The van der Waals surface area contributed by atoms with Crippen LogP contribution in [0, 0.1) is 10.1 Å². The molecule has 0 spiro atoms. The van der Waals surface area contributed by atoms with Crippen molar-refractivity contribution >= 4 is 23.2 Å². The van der Waals surface area contributed by atoms with E-state index in [1.165, 1.54) is 18.2 Å². The molecule has 20 heavy (non-hydrogen) atoms. The highest BCUT2D eigenvalue weighted by molar-refractivity contribution is 6.32. The van der Waals surface area contributed by atoms with Gasteiger partial charge in [-0.05, 0) is 25.5 Å². The number of unbranched alkanes of at least 4 members (excludes halogenated alkanes) is 2. The molecule has 0 aliphatic rings. The van der Waals surface area contributed by atoms with Crippen LogP contribution in [0.3, 0.4) is 0 Å². The minimum Gasteiger partial charge on any atom is -0.350 e. The number of amides is 1. The molecule has 1 unspecified atom stereocenters. The van der Waals surface area contributed by atoms with Crippen LogP contribution in [0.5, 0.6) is 0 Å². The van der Waals surface area contributed by atoms with E-state index in [0.717, 1.165) is 25.7 Å². The lowest BCUT2D eigenvalue weighted by atomic mass is 10.1. The smallest absolute Gasteiger partial charge is 0.288 e. The Morgan fingerprint density at radius 3 is 2.75 bits per heavy atom. The van der Waals surface area contributed by atoms with Crippen LogP contribution < -0.4 is 5.32 Å². The predicted octanol–water partition coefficient (Wildman–Crippen LogP) is 3.95. The minimum atomic E-state index is -0.593. The van der Waals surface area contributed by atoms with E-state index in [9.17, 15) is 14.9 Å². The Kier molecular flexibility index (Phi) is 6.45. The Balaban J connectivity index is 2.68. The second kappa shape index (κ2) is 7.85. The van der Waals surface area contributed by atoms with Crippen LogP contribution in [0.25, 0.3) is 0 Å². The molecule has 0 bridgehead atoms. The van der Waals surface area contributed by atoms with Gasteiger partial charge in [-0.15, -0.1) is 0 Å². The molecule has 6 heteroatoms. The third kappa shape index (κ3) is 4.81. The van der Waals surface area contributed by atoms with Crippen molar-refractivity contribution in [1.82, 2.24) is 5.32 Å². The summed E-state index contributed by atoms with van der Waals surface area (Å²) in [6.45, 7) is 4.05. The zero-order valence-electron chi connectivity index (χ0n) is 11.7. The molecule has 0 heterocycles. The van der Waals surface area contributed by atoms with E-state index >= 15 is 0 Å². The molecule has 1 amide bonds. The Labute approximate surface area is 123 Å². The van der Waals surface area contributed by atoms with Gasteiger partial charge in [0.05, 0.1) is 4.92 Å². The van der Waals surface area contributed by atoms with Gasteiger partial charge in [0, 0.05) is 17.7 Å². The van der Waals surface area contributed by atoms with E-state index in [0.29, 0.717) is 0 Å². The van der Waals surface area contributed by atoms with Crippen molar-refractivity contribution in [3.8, 4) is 0 Å². The van der Waals surface area contributed by atoms with Crippen LogP contribution in [0.1, 0.15) is 49.9 Å². The largest absolute Gasteiger partial charge is 0.350 e. The number of hydrogen-bond acceptors (Lipinski definition) is 3. The summed E-state index contributed by atoms with van der Waals surface area (Å²) in [6.07, 6.45) is 4.21. The van der Waals surface area contributed by atoms with Crippen molar-refractivity contribution in [2.45, 2.75) is 45.6 Å². The van der Waals surface area contributed by atoms with Crippen LogP contribution >= 0.6 is 11.6 Å². The number of nitrogens with zero attached hydrogens (tertiary/aromatic N) is 1. The molecule has 0 aliphatic heterocycles. The van der Waals surface area contributed by atoms with Gasteiger partial charge in [-0.2, -0.15) is 0 Å². The summed E-state index contributed by atoms with van der Waals surface area (Å²) >= 11 is 5.71. The molecule has 0 fully saturated rings. The summed E-state index contributed by atoms with van der Waals surface area (Å²) in [4.78, 5) is 22.2. The van der Waals surface area contributed by atoms with Crippen LogP contribution in [0.4, 0.5) is 5.69 Å². The summed E-state index contributed by atoms with van der Waals surface area (Å²) in [5.41, 5.74) is 0.00129. The number of rotatable bonds is 7. The summed E-state index contributed by atoms with van der Waals surface area (Å²) in [7, 11) is 0. The maximum Gasteiger partial charge on any atom is 0.288 e. The van der Waals surface area contributed by atoms with Gasteiger partial charge in [0.2, 0.25) is 0 Å². The number of carbonyl (C=O) groups is 1. The number of nitrogens with one attached hydrogen (secondary N) is 1. The zero-order valence-corrected chi connectivity index (χ0v) is 12.4. The quantitative estimate of drug-likeness (QED) is 0.470. The van der Waals surface area contributed by atoms with Crippen molar-refractivity contribution in [3.63, 3.8) is 0 Å². The van der Waals surface area contributed by atoms with Crippen molar-refractivity contribution in [2.75, 3.05) is 0 Å². The van der Waals surface area contributed by atoms with Gasteiger partial charge in [-0.1, -0.05) is 37.8 Å². The summed E-state index contributed by atoms with van der Waals surface area (Å²) in [5, 5.41) is 13.6. The fourth-order valence-electron chi connectivity index (χ4n) is 1.87. The lowest BCUT2D eigenvalue weighted by Gasteiger charge is -2.13. The minimum absolute atomic E-state index is 0.0301. The summed E-state index contributed by atoms with van der Waals surface area (Å²) < 4.78 is 0.